The molecule has 10 heteroatoms. The summed E-state index contributed by atoms with van der Waals surface area (Å²) in [6.07, 6.45) is -1.06. The maximum absolute atomic E-state index is 13.1. The maximum atomic E-state index is 13.1. The molecule has 0 aliphatic carbocycles. The van der Waals surface area contributed by atoms with Gasteiger partial charge >= 0.3 is 6.18 Å². The second-order valence-corrected chi connectivity index (χ2v) is 7.98. The van der Waals surface area contributed by atoms with Crippen molar-refractivity contribution < 1.29 is 22.5 Å². The number of piperidine rings is 1. The van der Waals surface area contributed by atoms with Gasteiger partial charge in [0.15, 0.2) is 0 Å². The molecule has 2 aromatic rings. The van der Waals surface area contributed by atoms with Crippen LogP contribution in [0.5, 0.6) is 0 Å². The molecule has 1 saturated heterocycles. The first kappa shape index (κ1) is 24.0. The molecule has 1 unspecified atom stereocenters. The SMILES string of the molecule is CC/C(=N\C=N/C1CCCN(C(=O)c2cccc(C(F)(F)F)c2Cl)C1)c1c(C)noc1C. The molecule has 1 amide bonds. The monoisotopic (exact) mass is 468 g/mol. The first-order valence-electron chi connectivity index (χ1n) is 10.3. The van der Waals surface area contributed by atoms with E-state index in [0.717, 1.165) is 29.5 Å². The Morgan fingerprint density at radius 3 is 2.75 bits per heavy atom. The molecule has 1 aliphatic heterocycles. The van der Waals surface area contributed by atoms with Crippen LogP contribution in [0, 0.1) is 13.8 Å². The minimum atomic E-state index is -4.63. The molecular weight excluding hydrogens is 445 g/mol. The van der Waals surface area contributed by atoms with Gasteiger partial charge in [0.1, 0.15) is 12.1 Å². The number of likely N-dealkylation sites (tertiary alicyclic amines) is 1. The molecular formula is C22H24ClF3N4O2. The van der Waals surface area contributed by atoms with Crippen molar-refractivity contribution in [2.45, 2.75) is 52.3 Å². The number of carbonyl (C=O) groups is 1. The van der Waals surface area contributed by atoms with Crippen LogP contribution in [-0.2, 0) is 6.18 Å². The van der Waals surface area contributed by atoms with Gasteiger partial charge in [-0.3, -0.25) is 9.79 Å². The van der Waals surface area contributed by atoms with Crippen molar-refractivity contribution in [1.82, 2.24) is 10.1 Å². The Balaban J connectivity index is 1.74. The van der Waals surface area contributed by atoms with Crippen LogP contribution in [0.3, 0.4) is 0 Å². The highest BCUT2D eigenvalue weighted by atomic mass is 35.5. The third-order valence-corrected chi connectivity index (χ3v) is 5.77. The standard InChI is InChI=1S/C22H24ClF3N4O2/c1-4-18(19-13(2)29-32-14(19)3)28-12-27-15-7-6-10-30(11-15)21(31)16-8-5-9-17(20(16)23)22(24,25)26/h5,8-9,12,15H,4,6-7,10-11H2,1-3H3/b27-12-,28-18+. The molecule has 0 bridgehead atoms. The maximum Gasteiger partial charge on any atom is 0.417 e. The summed E-state index contributed by atoms with van der Waals surface area (Å²) in [6, 6.07) is 3.17. The van der Waals surface area contributed by atoms with Gasteiger partial charge in [-0.25, -0.2) is 4.99 Å². The number of aromatic nitrogens is 1. The third-order valence-electron chi connectivity index (χ3n) is 5.37. The minimum absolute atomic E-state index is 0.157. The Morgan fingerprint density at radius 2 is 2.12 bits per heavy atom. The molecule has 0 radical (unpaired) electrons. The molecule has 0 saturated carbocycles. The fourth-order valence-corrected chi connectivity index (χ4v) is 4.09. The molecule has 6 nitrogen and oxygen atoms in total. The summed E-state index contributed by atoms with van der Waals surface area (Å²) in [5, 5.41) is 3.37. The zero-order valence-corrected chi connectivity index (χ0v) is 18.8. The number of aryl methyl sites for hydroxylation is 2. The van der Waals surface area contributed by atoms with Crippen LogP contribution in [0.1, 0.15) is 59.1 Å². The lowest BCUT2D eigenvalue weighted by Gasteiger charge is -2.31. The first-order chi connectivity index (χ1) is 15.1. The van der Waals surface area contributed by atoms with Crippen molar-refractivity contribution in [2.75, 3.05) is 13.1 Å². The summed E-state index contributed by atoms with van der Waals surface area (Å²) >= 11 is 5.93. The van der Waals surface area contributed by atoms with Crippen molar-refractivity contribution >= 4 is 29.6 Å². The molecule has 2 heterocycles. The number of benzene rings is 1. The number of hydrogen-bond acceptors (Lipinski definition) is 4. The average molecular weight is 469 g/mol. The van der Waals surface area contributed by atoms with Crippen LogP contribution >= 0.6 is 11.6 Å². The molecule has 32 heavy (non-hydrogen) atoms. The van der Waals surface area contributed by atoms with Crippen molar-refractivity contribution in [3.8, 4) is 0 Å². The Kier molecular flexibility index (Phi) is 7.38. The molecule has 3 rings (SSSR count). The Hall–Kier alpha value is -2.68. The van der Waals surface area contributed by atoms with Gasteiger partial charge in [-0.05, 0) is 45.2 Å². The molecule has 1 atom stereocenters. The normalized spacial score (nSPS) is 17.9. The number of halogens is 4. The van der Waals surface area contributed by atoms with Gasteiger partial charge in [0.05, 0.1) is 39.2 Å². The van der Waals surface area contributed by atoms with E-state index < -0.39 is 22.7 Å². The molecule has 1 aliphatic rings. The van der Waals surface area contributed by atoms with Gasteiger partial charge < -0.3 is 9.42 Å². The van der Waals surface area contributed by atoms with Crippen LogP contribution in [-0.4, -0.2) is 47.1 Å². The number of hydrogen-bond donors (Lipinski definition) is 0. The molecule has 1 fully saturated rings. The number of rotatable bonds is 5. The van der Waals surface area contributed by atoms with Crippen molar-refractivity contribution in [1.29, 1.82) is 0 Å². The van der Waals surface area contributed by atoms with Gasteiger partial charge in [0.25, 0.3) is 5.91 Å². The van der Waals surface area contributed by atoms with E-state index in [9.17, 15) is 18.0 Å². The van der Waals surface area contributed by atoms with E-state index in [1.807, 2.05) is 20.8 Å². The minimum Gasteiger partial charge on any atom is -0.361 e. The lowest BCUT2D eigenvalue weighted by atomic mass is 10.0. The molecule has 172 valence electrons. The average Bonchev–Trinajstić information content (AvgIpc) is 3.08. The fourth-order valence-electron chi connectivity index (χ4n) is 3.77. The zero-order chi connectivity index (χ0) is 23.5. The number of nitrogens with zero attached hydrogens (tertiary/aromatic N) is 4. The van der Waals surface area contributed by atoms with E-state index in [1.54, 1.807) is 0 Å². The van der Waals surface area contributed by atoms with Crippen LogP contribution in [0.25, 0.3) is 0 Å². The van der Waals surface area contributed by atoms with Gasteiger partial charge in [0.2, 0.25) is 0 Å². The van der Waals surface area contributed by atoms with Crippen LogP contribution < -0.4 is 0 Å². The summed E-state index contributed by atoms with van der Waals surface area (Å²) < 4.78 is 44.6. The summed E-state index contributed by atoms with van der Waals surface area (Å²) in [7, 11) is 0. The first-order valence-corrected chi connectivity index (χ1v) is 10.7. The van der Waals surface area contributed by atoms with E-state index in [-0.39, 0.29) is 18.2 Å². The number of amides is 1. The van der Waals surface area contributed by atoms with Crippen LogP contribution in [0.2, 0.25) is 5.02 Å². The van der Waals surface area contributed by atoms with Gasteiger partial charge in [-0.2, -0.15) is 13.2 Å². The Morgan fingerprint density at radius 1 is 1.38 bits per heavy atom. The van der Waals surface area contributed by atoms with Gasteiger partial charge in [-0.1, -0.05) is 29.7 Å². The number of alkyl halides is 3. The Labute approximate surface area is 189 Å². The van der Waals surface area contributed by atoms with E-state index in [4.69, 9.17) is 16.1 Å². The zero-order valence-electron chi connectivity index (χ0n) is 18.0. The second-order valence-electron chi connectivity index (χ2n) is 7.61. The quantitative estimate of drug-likeness (QED) is 0.430. The van der Waals surface area contributed by atoms with E-state index in [2.05, 4.69) is 15.1 Å². The van der Waals surface area contributed by atoms with Crippen molar-refractivity contribution in [3.05, 3.63) is 51.4 Å². The molecule has 1 aromatic heterocycles. The number of carbonyl (C=O) groups excluding carboxylic acids is 1. The van der Waals surface area contributed by atoms with Crippen molar-refractivity contribution in [3.63, 3.8) is 0 Å². The number of aliphatic imine (C=N–C) groups is 2. The molecule has 1 aromatic carbocycles. The molecule has 0 spiro atoms. The Bertz CT molecular complexity index is 1030. The van der Waals surface area contributed by atoms with E-state index in [0.29, 0.717) is 25.1 Å². The summed E-state index contributed by atoms with van der Waals surface area (Å²) in [5.74, 6) is 0.151. The smallest absolute Gasteiger partial charge is 0.361 e. The predicted octanol–water partition coefficient (Wildman–Crippen LogP) is 5.50. The lowest BCUT2D eigenvalue weighted by Crippen LogP contribution is -2.41. The fraction of sp³-hybridized carbons (Fsp3) is 0.455. The second kappa shape index (κ2) is 9.85. The van der Waals surface area contributed by atoms with Gasteiger partial charge in [-0.15, -0.1) is 0 Å². The van der Waals surface area contributed by atoms with Gasteiger partial charge in [0, 0.05) is 13.1 Å². The highest BCUT2D eigenvalue weighted by Crippen LogP contribution is 2.36. The van der Waals surface area contributed by atoms with Crippen molar-refractivity contribution in [2.24, 2.45) is 9.98 Å². The van der Waals surface area contributed by atoms with Crippen LogP contribution in [0.15, 0.2) is 32.7 Å². The van der Waals surface area contributed by atoms with Crippen LogP contribution in [0.4, 0.5) is 13.2 Å². The highest BCUT2D eigenvalue weighted by molar-refractivity contribution is 6.34. The molecule has 0 N–H and O–H groups in total. The van der Waals surface area contributed by atoms with E-state index >= 15 is 0 Å². The topological polar surface area (TPSA) is 71.1 Å². The predicted molar refractivity (Wildman–Crippen MR) is 117 cm³/mol. The third kappa shape index (κ3) is 5.20. The summed E-state index contributed by atoms with van der Waals surface area (Å²) in [4.78, 5) is 23.3. The van der Waals surface area contributed by atoms with E-state index in [1.165, 1.54) is 23.4 Å². The summed E-state index contributed by atoms with van der Waals surface area (Å²) in [6.45, 7) is 6.35. The summed E-state index contributed by atoms with van der Waals surface area (Å²) in [5.41, 5.74) is 1.24. The largest absolute Gasteiger partial charge is 0.417 e. The highest BCUT2D eigenvalue weighted by Gasteiger charge is 2.35. The lowest BCUT2D eigenvalue weighted by molar-refractivity contribution is -0.137.